The second kappa shape index (κ2) is 7.93. The van der Waals surface area contributed by atoms with Crippen molar-refractivity contribution in [1.82, 2.24) is 29.6 Å². The number of fused-ring (bicyclic) bond motifs is 1. The predicted molar refractivity (Wildman–Crippen MR) is 106 cm³/mol. The number of nitrogens with zero attached hydrogens (tertiary/aromatic N) is 4. The molecule has 0 spiro atoms. The molecule has 9 heteroatoms. The van der Waals surface area contributed by atoms with Crippen molar-refractivity contribution in [3.05, 3.63) is 93.2 Å². The third-order valence-electron chi connectivity index (χ3n) is 4.51. The molecule has 0 unspecified atom stereocenters. The van der Waals surface area contributed by atoms with Crippen molar-refractivity contribution in [2.75, 3.05) is 0 Å². The molecule has 0 aliphatic carbocycles. The fraction of sp³-hybridized carbons (Fsp3) is 0.150. The summed E-state index contributed by atoms with van der Waals surface area (Å²) in [5.74, 6) is -0.417. The fourth-order valence-corrected chi connectivity index (χ4v) is 3.01. The van der Waals surface area contributed by atoms with Crippen LogP contribution in [0.15, 0.2) is 70.8 Å². The van der Waals surface area contributed by atoms with Gasteiger partial charge in [0.05, 0.1) is 17.4 Å². The number of rotatable bonds is 6. The molecule has 2 heterocycles. The van der Waals surface area contributed by atoms with Gasteiger partial charge < -0.3 is 10.3 Å². The number of hydrogen-bond donors (Lipinski definition) is 2. The lowest BCUT2D eigenvalue weighted by Crippen LogP contribution is -2.40. The quantitative estimate of drug-likeness (QED) is 0.502. The van der Waals surface area contributed by atoms with Gasteiger partial charge in [-0.2, -0.15) is 5.10 Å². The lowest BCUT2D eigenvalue weighted by atomic mass is 10.1. The van der Waals surface area contributed by atoms with Gasteiger partial charge in [-0.15, -0.1) is 0 Å². The molecule has 4 aromatic rings. The molecular weight excluding hydrogens is 372 g/mol. The Labute approximate surface area is 164 Å². The van der Waals surface area contributed by atoms with Gasteiger partial charge >= 0.3 is 5.69 Å². The second-order valence-electron chi connectivity index (χ2n) is 6.55. The molecule has 2 aromatic heterocycles. The van der Waals surface area contributed by atoms with Crippen molar-refractivity contribution in [2.24, 2.45) is 0 Å². The monoisotopic (exact) mass is 390 g/mol. The highest BCUT2D eigenvalue weighted by atomic mass is 16.2. The summed E-state index contributed by atoms with van der Waals surface area (Å²) >= 11 is 0. The van der Waals surface area contributed by atoms with Crippen molar-refractivity contribution < 1.29 is 4.79 Å². The number of H-pyrrole nitrogens is 1. The van der Waals surface area contributed by atoms with Crippen LogP contribution >= 0.6 is 0 Å². The Morgan fingerprint density at radius 2 is 1.79 bits per heavy atom. The number of carbonyl (C=O) groups is 1. The van der Waals surface area contributed by atoms with Crippen LogP contribution in [-0.4, -0.2) is 30.2 Å². The molecule has 0 saturated heterocycles. The zero-order valence-electron chi connectivity index (χ0n) is 15.4. The summed E-state index contributed by atoms with van der Waals surface area (Å²) in [6.07, 6.45) is 3.13. The molecule has 146 valence electrons. The van der Waals surface area contributed by atoms with Gasteiger partial charge in [0.15, 0.2) is 0 Å². The maximum atomic E-state index is 12.5. The van der Waals surface area contributed by atoms with Gasteiger partial charge in [-0.3, -0.25) is 14.2 Å². The molecule has 9 nitrogen and oxygen atoms in total. The standard InChI is InChI=1S/C20H18N6O3/c27-18(11-26-19(28)16-3-1-2-4-17(16)24-20(26)29)22-9-14-5-7-15(8-6-14)10-25-13-21-12-23-25/h1-8,12-13H,9-11H2,(H,22,27)(H,24,29). The predicted octanol–water partition coefficient (Wildman–Crippen LogP) is 0.646. The Hall–Kier alpha value is -4.01. The van der Waals surface area contributed by atoms with Crippen molar-refractivity contribution >= 4 is 16.8 Å². The van der Waals surface area contributed by atoms with E-state index in [1.54, 1.807) is 35.3 Å². The molecule has 2 N–H and O–H groups in total. The molecule has 0 saturated carbocycles. The highest BCUT2D eigenvalue weighted by Crippen LogP contribution is 2.06. The average molecular weight is 390 g/mol. The van der Waals surface area contributed by atoms with Crippen LogP contribution in [0.4, 0.5) is 0 Å². The van der Waals surface area contributed by atoms with E-state index >= 15 is 0 Å². The summed E-state index contributed by atoms with van der Waals surface area (Å²) in [7, 11) is 0. The minimum atomic E-state index is -0.610. The van der Waals surface area contributed by atoms with Gasteiger partial charge in [-0.25, -0.2) is 14.5 Å². The highest BCUT2D eigenvalue weighted by molar-refractivity contribution is 5.78. The lowest BCUT2D eigenvalue weighted by Gasteiger charge is -2.08. The smallest absolute Gasteiger partial charge is 0.329 e. The first kappa shape index (κ1) is 18.4. The van der Waals surface area contributed by atoms with Crippen LogP contribution in [0.3, 0.4) is 0 Å². The average Bonchev–Trinajstić information content (AvgIpc) is 3.24. The largest absolute Gasteiger partial charge is 0.350 e. The van der Waals surface area contributed by atoms with Gasteiger partial charge in [0.1, 0.15) is 19.2 Å². The van der Waals surface area contributed by atoms with E-state index < -0.39 is 17.2 Å². The molecule has 0 atom stereocenters. The third kappa shape index (κ3) is 4.13. The van der Waals surface area contributed by atoms with Crippen molar-refractivity contribution in [3.63, 3.8) is 0 Å². The Bertz CT molecular complexity index is 1260. The maximum Gasteiger partial charge on any atom is 0.329 e. The molecule has 29 heavy (non-hydrogen) atoms. The molecule has 1 amide bonds. The van der Waals surface area contributed by atoms with E-state index in [-0.39, 0.29) is 6.54 Å². The molecular formula is C20H18N6O3. The van der Waals surface area contributed by atoms with Crippen molar-refractivity contribution in [2.45, 2.75) is 19.6 Å². The topological polar surface area (TPSA) is 115 Å². The first-order valence-corrected chi connectivity index (χ1v) is 8.99. The number of para-hydroxylation sites is 1. The normalized spacial score (nSPS) is 10.9. The molecule has 0 aliphatic rings. The van der Waals surface area contributed by atoms with Crippen LogP contribution in [0, 0.1) is 0 Å². The Morgan fingerprint density at radius 1 is 1.03 bits per heavy atom. The highest BCUT2D eigenvalue weighted by Gasteiger charge is 2.11. The van der Waals surface area contributed by atoms with E-state index in [0.29, 0.717) is 24.0 Å². The van der Waals surface area contributed by atoms with Gasteiger partial charge in [0.25, 0.3) is 5.56 Å². The Balaban J connectivity index is 1.40. The first-order valence-electron chi connectivity index (χ1n) is 8.99. The minimum absolute atomic E-state index is 0.294. The zero-order valence-corrected chi connectivity index (χ0v) is 15.4. The van der Waals surface area contributed by atoms with Crippen LogP contribution in [0.5, 0.6) is 0 Å². The number of aromatic amines is 1. The summed E-state index contributed by atoms with van der Waals surface area (Å²) in [6, 6.07) is 14.4. The fourth-order valence-electron chi connectivity index (χ4n) is 3.01. The van der Waals surface area contributed by atoms with E-state index in [1.165, 1.54) is 6.33 Å². The third-order valence-corrected chi connectivity index (χ3v) is 4.51. The summed E-state index contributed by atoms with van der Waals surface area (Å²) in [5.41, 5.74) is 1.31. The Morgan fingerprint density at radius 3 is 2.55 bits per heavy atom. The van der Waals surface area contributed by atoms with Crippen molar-refractivity contribution in [3.8, 4) is 0 Å². The maximum absolute atomic E-state index is 12.5. The number of aromatic nitrogens is 5. The molecule has 0 aliphatic heterocycles. The SMILES string of the molecule is O=C(Cn1c(=O)[nH]c2ccccc2c1=O)NCc1ccc(Cn2cncn2)cc1. The molecule has 2 aromatic carbocycles. The van der Waals surface area contributed by atoms with E-state index in [4.69, 9.17) is 0 Å². The number of nitrogens with one attached hydrogen (secondary N) is 2. The van der Waals surface area contributed by atoms with Crippen LogP contribution in [-0.2, 0) is 24.4 Å². The molecule has 4 rings (SSSR count). The lowest BCUT2D eigenvalue weighted by molar-refractivity contribution is -0.121. The van der Waals surface area contributed by atoms with E-state index in [1.807, 2.05) is 24.3 Å². The molecule has 0 bridgehead atoms. The minimum Gasteiger partial charge on any atom is -0.350 e. The van der Waals surface area contributed by atoms with E-state index in [9.17, 15) is 14.4 Å². The van der Waals surface area contributed by atoms with E-state index in [0.717, 1.165) is 15.7 Å². The summed E-state index contributed by atoms with van der Waals surface area (Å²) in [6.45, 7) is 0.562. The molecule has 0 fully saturated rings. The molecule has 0 radical (unpaired) electrons. The summed E-state index contributed by atoms with van der Waals surface area (Å²) < 4.78 is 2.62. The van der Waals surface area contributed by atoms with Crippen molar-refractivity contribution in [1.29, 1.82) is 0 Å². The first-order chi connectivity index (χ1) is 14.1. The zero-order chi connectivity index (χ0) is 20.2. The van der Waals surface area contributed by atoms with E-state index in [2.05, 4.69) is 20.4 Å². The van der Waals surface area contributed by atoms with Gasteiger partial charge in [0.2, 0.25) is 5.91 Å². The number of benzene rings is 2. The second-order valence-corrected chi connectivity index (χ2v) is 6.55. The van der Waals surface area contributed by atoms with Crippen LogP contribution in [0.1, 0.15) is 11.1 Å². The van der Waals surface area contributed by atoms with Crippen LogP contribution in [0.25, 0.3) is 10.9 Å². The van der Waals surface area contributed by atoms with Crippen LogP contribution in [0.2, 0.25) is 0 Å². The summed E-state index contributed by atoms with van der Waals surface area (Å²) in [5, 5.41) is 7.16. The van der Waals surface area contributed by atoms with Gasteiger partial charge in [-0.1, -0.05) is 36.4 Å². The number of hydrogen-bond acceptors (Lipinski definition) is 5. The number of carbonyl (C=O) groups excluding carboxylic acids is 1. The van der Waals surface area contributed by atoms with Gasteiger partial charge in [0, 0.05) is 6.54 Å². The Kier molecular flexibility index (Phi) is 5.02. The number of amides is 1. The summed E-state index contributed by atoms with van der Waals surface area (Å²) in [4.78, 5) is 43.4. The van der Waals surface area contributed by atoms with Crippen LogP contribution < -0.4 is 16.6 Å². The van der Waals surface area contributed by atoms with Gasteiger partial charge in [-0.05, 0) is 23.3 Å².